The van der Waals surface area contributed by atoms with E-state index in [-0.39, 0.29) is 17.8 Å². The Bertz CT molecular complexity index is 405. The van der Waals surface area contributed by atoms with Gasteiger partial charge in [0.2, 0.25) is 0 Å². The number of rotatable bonds is 1. The SMILES string of the molecule is CC(C)(C)OC(=O)N1CCC(O)([C@H]2CCCCC2=O)CC1. The van der Waals surface area contributed by atoms with Crippen LogP contribution in [-0.4, -0.2) is 46.2 Å². The molecule has 1 N–H and O–H groups in total. The van der Waals surface area contributed by atoms with Crippen molar-refractivity contribution in [1.29, 1.82) is 0 Å². The Morgan fingerprint density at radius 3 is 2.43 bits per heavy atom. The van der Waals surface area contributed by atoms with Crippen LogP contribution in [0.5, 0.6) is 0 Å². The first-order valence-electron chi connectivity index (χ1n) is 7.94. The van der Waals surface area contributed by atoms with Crippen LogP contribution in [0, 0.1) is 5.92 Å². The zero-order valence-electron chi connectivity index (χ0n) is 13.4. The molecule has 0 aromatic carbocycles. The summed E-state index contributed by atoms with van der Waals surface area (Å²) in [5.41, 5.74) is -1.44. The predicted molar refractivity (Wildman–Crippen MR) is 79.0 cm³/mol. The van der Waals surface area contributed by atoms with E-state index < -0.39 is 11.2 Å². The number of hydrogen-bond donors (Lipinski definition) is 1. The molecule has 1 saturated heterocycles. The fraction of sp³-hybridized carbons (Fsp3) is 0.875. The Labute approximate surface area is 126 Å². The molecule has 1 saturated carbocycles. The third-order valence-corrected chi connectivity index (χ3v) is 4.48. The highest BCUT2D eigenvalue weighted by atomic mass is 16.6. The van der Waals surface area contributed by atoms with Gasteiger partial charge in [-0.2, -0.15) is 0 Å². The van der Waals surface area contributed by atoms with Crippen molar-refractivity contribution >= 4 is 11.9 Å². The second kappa shape index (κ2) is 5.95. The minimum atomic E-state index is -0.935. The zero-order valence-corrected chi connectivity index (χ0v) is 13.4. The lowest BCUT2D eigenvalue weighted by Crippen LogP contribution is -2.53. The quantitative estimate of drug-likeness (QED) is 0.807. The number of carbonyl (C=O) groups is 2. The number of likely N-dealkylation sites (tertiary alicyclic amines) is 1. The molecular formula is C16H27NO4. The van der Waals surface area contributed by atoms with Crippen molar-refractivity contribution in [2.24, 2.45) is 5.92 Å². The molecule has 1 heterocycles. The molecule has 21 heavy (non-hydrogen) atoms. The first-order valence-corrected chi connectivity index (χ1v) is 7.94. The first kappa shape index (κ1) is 16.3. The molecule has 0 bridgehead atoms. The maximum absolute atomic E-state index is 12.0. The Morgan fingerprint density at radius 1 is 1.29 bits per heavy atom. The summed E-state index contributed by atoms with van der Waals surface area (Å²) < 4.78 is 5.35. The molecule has 2 fully saturated rings. The standard InChI is InChI=1S/C16H27NO4/c1-15(2,3)21-14(19)17-10-8-16(20,9-11-17)12-6-4-5-7-13(12)18/h12,20H,4-11H2,1-3H3/t12-/m0/s1. The van der Waals surface area contributed by atoms with Crippen LogP contribution in [0.2, 0.25) is 0 Å². The molecule has 5 nitrogen and oxygen atoms in total. The number of aliphatic hydroxyl groups is 1. The second-order valence-corrected chi connectivity index (χ2v) is 7.34. The van der Waals surface area contributed by atoms with Crippen LogP contribution in [0.15, 0.2) is 0 Å². The fourth-order valence-electron chi connectivity index (χ4n) is 3.30. The van der Waals surface area contributed by atoms with Crippen LogP contribution in [-0.2, 0) is 9.53 Å². The molecule has 0 radical (unpaired) electrons. The molecule has 0 aromatic rings. The number of amides is 1. The normalized spacial score (nSPS) is 26.6. The molecule has 1 aliphatic heterocycles. The lowest BCUT2D eigenvalue weighted by molar-refractivity contribution is -0.140. The highest BCUT2D eigenvalue weighted by molar-refractivity contribution is 5.82. The van der Waals surface area contributed by atoms with E-state index in [2.05, 4.69) is 0 Å². The Morgan fingerprint density at radius 2 is 1.90 bits per heavy atom. The van der Waals surface area contributed by atoms with Crippen LogP contribution in [0.3, 0.4) is 0 Å². The maximum Gasteiger partial charge on any atom is 0.410 e. The highest BCUT2D eigenvalue weighted by Gasteiger charge is 2.44. The molecule has 2 rings (SSSR count). The van der Waals surface area contributed by atoms with E-state index in [1.807, 2.05) is 20.8 Å². The molecule has 1 amide bonds. The van der Waals surface area contributed by atoms with Crippen molar-refractivity contribution in [3.8, 4) is 0 Å². The van der Waals surface area contributed by atoms with Gasteiger partial charge in [-0.15, -0.1) is 0 Å². The van der Waals surface area contributed by atoms with Gasteiger partial charge in [-0.3, -0.25) is 4.79 Å². The average molecular weight is 297 g/mol. The van der Waals surface area contributed by atoms with Crippen LogP contribution in [0.4, 0.5) is 4.79 Å². The molecular weight excluding hydrogens is 270 g/mol. The van der Waals surface area contributed by atoms with Gasteiger partial charge in [-0.1, -0.05) is 6.42 Å². The number of nitrogens with zero attached hydrogens (tertiary/aromatic N) is 1. The van der Waals surface area contributed by atoms with Crippen LogP contribution >= 0.6 is 0 Å². The van der Waals surface area contributed by atoms with Crippen LogP contribution < -0.4 is 0 Å². The summed E-state index contributed by atoms with van der Waals surface area (Å²) in [6.07, 6.45) is 3.90. The van der Waals surface area contributed by atoms with E-state index in [0.717, 1.165) is 19.3 Å². The molecule has 1 aliphatic carbocycles. The molecule has 2 aliphatic rings. The number of carbonyl (C=O) groups excluding carboxylic acids is 2. The Hall–Kier alpha value is -1.10. The van der Waals surface area contributed by atoms with Crippen molar-refractivity contribution in [3.63, 3.8) is 0 Å². The fourth-order valence-corrected chi connectivity index (χ4v) is 3.30. The minimum absolute atomic E-state index is 0.189. The van der Waals surface area contributed by atoms with Gasteiger partial charge in [0, 0.05) is 25.4 Å². The topological polar surface area (TPSA) is 66.8 Å². The van der Waals surface area contributed by atoms with E-state index in [1.165, 1.54) is 0 Å². The third kappa shape index (κ3) is 3.96. The van der Waals surface area contributed by atoms with E-state index in [1.54, 1.807) is 4.90 Å². The monoisotopic (exact) mass is 297 g/mol. The Balaban J connectivity index is 1.93. The van der Waals surface area contributed by atoms with Crippen molar-refractivity contribution in [2.75, 3.05) is 13.1 Å². The molecule has 120 valence electrons. The minimum Gasteiger partial charge on any atom is -0.444 e. The van der Waals surface area contributed by atoms with Crippen molar-refractivity contribution in [3.05, 3.63) is 0 Å². The van der Waals surface area contributed by atoms with Crippen LogP contribution in [0.1, 0.15) is 59.3 Å². The number of hydrogen-bond acceptors (Lipinski definition) is 4. The molecule has 0 aromatic heterocycles. The Kier molecular flexibility index (Phi) is 4.61. The van der Waals surface area contributed by atoms with Gasteiger partial charge in [0.25, 0.3) is 0 Å². The van der Waals surface area contributed by atoms with Crippen molar-refractivity contribution in [1.82, 2.24) is 4.90 Å². The van der Waals surface area contributed by atoms with E-state index in [4.69, 9.17) is 4.74 Å². The number of ketones is 1. The van der Waals surface area contributed by atoms with Gasteiger partial charge in [0.15, 0.2) is 0 Å². The summed E-state index contributed by atoms with van der Waals surface area (Å²) >= 11 is 0. The second-order valence-electron chi connectivity index (χ2n) is 7.34. The van der Waals surface area contributed by atoms with E-state index >= 15 is 0 Å². The highest BCUT2D eigenvalue weighted by Crippen LogP contribution is 2.37. The number of ether oxygens (including phenoxy) is 1. The third-order valence-electron chi connectivity index (χ3n) is 4.48. The summed E-state index contributed by atoms with van der Waals surface area (Å²) in [5.74, 6) is -0.0542. The van der Waals surface area contributed by atoms with E-state index in [9.17, 15) is 14.7 Å². The van der Waals surface area contributed by atoms with Gasteiger partial charge in [0.1, 0.15) is 11.4 Å². The number of piperidine rings is 1. The largest absolute Gasteiger partial charge is 0.444 e. The molecule has 5 heteroatoms. The van der Waals surface area contributed by atoms with Gasteiger partial charge >= 0.3 is 6.09 Å². The van der Waals surface area contributed by atoms with Gasteiger partial charge in [0.05, 0.1) is 5.60 Å². The predicted octanol–water partition coefficient (Wildman–Crippen LogP) is 2.51. The van der Waals surface area contributed by atoms with Crippen molar-refractivity contribution < 1.29 is 19.4 Å². The summed E-state index contributed by atoms with van der Waals surface area (Å²) in [5, 5.41) is 10.8. The van der Waals surface area contributed by atoms with Crippen LogP contribution in [0.25, 0.3) is 0 Å². The summed E-state index contributed by atoms with van der Waals surface area (Å²) in [6, 6.07) is 0. The van der Waals surface area contributed by atoms with Crippen molar-refractivity contribution in [2.45, 2.75) is 70.5 Å². The first-order chi connectivity index (χ1) is 9.71. The summed E-state index contributed by atoms with van der Waals surface area (Å²) in [6.45, 7) is 6.42. The lowest BCUT2D eigenvalue weighted by atomic mass is 9.71. The van der Waals surface area contributed by atoms with Gasteiger partial charge < -0.3 is 14.7 Å². The van der Waals surface area contributed by atoms with E-state index in [0.29, 0.717) is 32.4 Å². The maximum atomic E-state index is 12.0. The zero-order chi connectivity index (χ0) is 15.7. The van der Waals surface area contributed by atoms with Gasteiger partial charge in [-0.05, 0) is 46.5 Å². The molecule has 1 atom stereocenters. The molecule has 0 unspecified atom stereocenters. The number of Topliss-reactive ketones (excluding diaryl/α,β-unsaturated/α-hetero) is 1. The smallest absolute Gasteiger partial charge is 0.410 e. The van der Waals surface area contributed by atoms with Gasteiger partial charge in [-0.25, -0.2) is 4.79 Å². The summed E-state index contributed by atoms with van der Waals surface area (Å²) in [7, 11) is 0. The lowest BCUT2D eigenvalue weighted by Gasteiger charge is -2.43. The molecule has 0 spiro atoms. The summed E-state index contributed by atoms with van der Waals surface area (Å²) in [4.78, 5) is 25.7. The average Bonchev–Trinajstić information content (AvgIpc) is 2.37.